The SMILES string of the molecule is CCC#CC(C)Cc1ccc(OCCC)cc1C. The van der Waals surface area contributed by atoms with E-state index in [4.69, 9.17) is 4.74 Å². The van der Waals surface area contributed by atoms with Crippen LogP contribution in [0.2, 0.25) is 0 Å². The Morgan fingerprint density at radius 3 is 2.67 bits per heavy atom. The molecule has 0 bridgehead atoms. The molecule has 0 saturated carbocycles. The molecule has 0 aromatic heterocycles. The normalized spacial score (nSPS) is 11.6. The summed E-state index contributed by atoms with van der Waals surface area (Å²) in [6, 6.07) is 6.37. The Morgan fingerprint density at radius 1 is 1.28 bits per heavy atom. The number of ether oxygens (including phenoxy) is 1. The lowest BCUT2D eigenvalue weighted by Crippen LogP contribution is -2.00. The summed E-state index contributed by atoms with van der Waals surface area (Å²) in [7, 11) is 0. The molecule has 0 fully saturated rings. The molecule has 1 heteroatoms. The smallest absolute Gasteiger partial charge is 0.119 e. The Labute approximate surface area is 112 Å². The lowest BCUT2D eigenvalue weighted by atomic mass is 9.97. The first-order chi connectivity index (χ1) is 8.67. The first kappa shape index (κ1) is 14.6. The molecule has 98 valence electrons. The average Bonchev–Trinajstić information content (AvgIpc) is 2.36. The highest BCUT2D eigenvalue weighted by Gasteiger charge is 2.04. The van der Waals surface area contributed by atoms with Crippen LogP contribution in [-0.4, -0.2) is 6.61 Å². The van der Waals surface area contributed by atoms with Gasteiger partial charge in [0.25, 0.3) is 0 Å². The van der Waals surface area contributed by atoms with Crippen LogP contribution in [0.1, 0.15) is 44.7 Å². The van der Waals surface area contributed by atoms with Crippen molar-refractivity contribution >= 4 is 0 Å². The van der Waals surface area contributed by atoms with E-state index in [0.717, 1.165) is 31.6 Å². The van der Waals surface area contributed by atoms with E-state index in [1.165, 1.54) is 11.1 Å². The minimum atomic E-state index is 0.422. The summed E-state index contributed by atoms with van der Waals surface area (Å²) in [6.45, 7) is 9.33. The first-order valence-electron chi connectivity index (χ1n) is 6.88. The fourth-order valence-corrected chi connectivity index (χ4v) is 1.86. The van der Waals surface area contributed by atoms with Crippen molar-refractivity contribution in [2.75, 3.05) is 6.61 Å². The van der Waals surface area contributed by atoms with Gasteiger partial charge in [-0.2, -0.15) is 0 Å². The summed E-state index contributed by atoms with van der Waals surface area (Å²) >= 11 is 0. The summed E-state index contributed by atoms with van der Waals surface area (Å²) in [6.07, 6.45) is 3.00. The van der Waals surface area contributed by atoms with Gasteiger partial charge in [-0.05, 0) is 43.0 Å². The molecule has 0 heterocycles. The Bertz CT molecular complexity index is 423. The monoisotopic (exact) mass is 244 g/mol. The highest BCUT2D eigenvalue weighted by atomic mass is 16.5. The van der Waals surface area contributed by atoms with E-state index in [2.05, 4.69) is 57.7 Å². The Balaban J connectivity index is 2.67. The molecular formula is C17H24O. The highest BCUT2D eigenvalue weighted by Crippen LogP contribution is 2.20. The van der Waals surface area contributed by atoms with Gasteiger partial charge in [0.15, 0.2) is 0 Å². The van der Waals surface area contributed by atoms with Crippen molar-refractivity contribution in [2.45, 2.75) is 47.0 Å². The molecular weight excluding hydrogens is 220 g/mol. The molecule has 0 N–H and O–H groups in total. The third-order valence-electron chi connectivity index (χ3n) is 2.84. The van der Waals surface area contributed by atoms with Crippen LogP contribution in [-0.2, 0) is 6.42 Å². The van der Waals surface area contributed by atoms with Crippen LogP contribution in [0.3, 0.4) is 0 Å². The fraction of sp³-hybridized carbons (Fsp3) is 0.529. The summed E-state index contributed by atoms with van der Waals surface area (Å²) in [4.78, 5) is 0. The van der Waals surface area contributed by atoms with Crippen molar-refractivity contribution in [3.63, 3.8) is 0 Å². The van der Waals surface area contributed by atoms with Crippen LogP contribution in [0, 0.1) is 24.7 Å². The number of rotatable bonds is 5. The van der Waals surface area contributed by atoms with E-state index in [1.807, 2.05) is 0 Å². The number of benzene rings is 1. The Morgan fingerprint density at radius 2 is 2.06 bits per heavy atom. The van der Waals surface area contributed by atoms with E-state index >= 15 is 0 Å². The van der Waals surface area contributed by atoms with E-state index in [-0.39, 0.29) is 0 Å². The largest absolute Gasteiger partial charge is 0.494 e. The molecule has 1 rings (SSSR count). The zero-order valence-electron chi connectivity index (χ0n) is 12.0. The van der Waals surface area contributed by atoms with Gasteiger partial charge in [0.1, 0.15) is 5.75 Å². The summed E-state index contributed by atoms with van der Waals surface area (Å²) in [5.41, 5.74) is 2.67. The molecule has 0 aliphatic carbocycles. The van der Waals surface area contributed by atoms with Gasteiger partial charge in [0, 0.05) is 12.3 Å². The molecule has 1 atom stereocenters. The molecule has 0 spiro atoms. The zero-order chi connectivity index (χ0) is 13.4. The zero-order valence-corrected chi connectivity index (χ0v) is 12.0. The standard InChI is InChI=1S/C17H24O/c1-5-7-8-14(3)12-16-9-10-17(13-15(16)4)18-11-6-2/h9-10,13-14H,5-6,11-12H2,1-4H3. The molecule has 1 aromatic rings. The lowest BCUT2D eigenvalue weighted by molar-refractivity contribution is 0.317. The first-order valence-corrected chi connectivity index (χ1v) is 6.88. The number of hydrogen-bond donors (Lipinski definition) is 0. The average molecular weight is 244 g/mol. The molecule has 1 unspecified atom stereocenters. The van der Waals surface area contributed by atoms with Crippen LogP contribution >= 0.6 is 0 Å². The van der Waals surface area contributed by atoms with Crippen LogP contribution in [0.25, 0.3) is 0 Å². The van der Waals surface area contributed by atoms with Gasteiger partial charge in [-0.25, -0.2) is 0 Å². The topological polar surface area (TPSA) is 9.23 Å². The van der Waals surface area contributed by atoms with Gasteiger partial charge in [-0.15, -0.1) is 5.92 Å². The Kier molecular flexibility index (Phi) is 6.36. The summed E-state index contributed by atoms with van der Waals surface area (Å²) in [5.74, 6) is 7.83. The van der Waals surface area contributed by atoms with Gasteiger partial charge in [-0.3, -0.25) is 0 Å². The summed E-state index contributed by atoms with van der Waals surface area (Å²) in [5, 5.41) is 0. The fourth-order valence-electron chi connectivity index (χ4n) is 1.86. The third kappa shape index (κ3) is 4.84. The van der Waals surface area contributed by atoms with Crippen molar-refractivity contribution in [1.29, 1.82) is 0 Å². The molecule has 0 amide bonds. The Hall–Kier alpha value is -1.42. The molecule has 18 heavy (non-hydrogen) atoms. The van der Waals surface area contributed by atoms with Crippen LogP contribution in [0.15, 0.2) is 18.2 Å². The van der Waals surface area contributed by atoms with E-state index < -0.39 is 0 Å². The second-order valence-electron chi connectivity index (χ2n) is 4.72. The number of hydrogen-bond acceptors (Lipinski definition) is 1. The van der Waals surface area contributed by atoms with E-state index in [1.54, 1.807) is 0 Å². The van der Waals surface area contributed by atoms with E-state index in [0.29, 0.717) is 5.92 Å². The van der Waals surface area contributed by atoms with Crippen LogP contribution in [0.5, 0.6) is 5.75 Å². The highest BCUT2D eigenvalue weighted by molar-refractivity contribution is 5.35. The van der Waals surface area contributed by atoms with Crippen LogP contribution in [0.4, 0.5) is 0 Å². The van der Waals surface area contributed by atoms with Gasteiger partial charge < -0.3 is 4.74 Å². The van der Waals surface area contributed by atoms with Gasteiger partial charge in [-0.1, -0.05) is 32.8 Å². The maximum absolute atomic E-state index is 5.63. The van der Waals surface area contributed by atoms with Crippen molar-refractivity contribution in [3.05, 3.63) is 29.3 Å². The molecule has 1 nitrogen and oxygen atoms in total. The molecule has 0 saturated heterocycles. The van der Waals surface area contributed by atoms with E-state index in [9.17, 15) is 0 Å². The second-order valence-corrected chi connectivity index (χ2v) is 4.72. The molecule has 0 radical (unpaired) electrons. The minimum absolute atomic E-state index is 0.422. The molecule has 0 aliphatic heterocycles. The number of aryl methyl sites for hydroxylation is 1. The quantitative estimate of drug-likeness (QED) is 0.699. The predicted octanol–water partition coefficient (Wildman–Crippen LogP) is 4.38. The lowest BCUT2D eigenvalue weighted by Gasteiger charge is -2.11. The van der Waals surface area contributed by atoms with Crippen molar-refractivity contribution in [2.24, 2.45) is 5.92 Å². The van der Waals surface area contributed by atoms with Gasteiger partial charge in [0.2, 0.25) is 0 Å². The van der Waals surface area contributed by atoms with Crippen molar-refractivity contribution < 1.29 is 4.74 Å². The van der Waals surface area contributed by atoms with Crippen LogP contribution < -0.4 is 4.74 Å². The third-order valence-corrected chi connectivity index (χ3v) is 2.84. The summed E-state index contributed by atoms with van der Waals surface area (Å²) < 4.78 is 5.63. The maximum atomic E-state index is 5.63. The molecule has 1 aromatic carbocycles. The van der Waals surface area contributed by atoms with Gasteiger partial charge >= 0.3 is 0 Å². The predicted molar refractivity (Wildman–Crippen MR) is 77.9 cm³/mol. The second kappa shape index (κ2) is 7.82. The van der Waals surface area contributed by atoms with Crippen molar-refractivity contribution in [3.8, 4) is 17.6 Å². The maximum Gasteiger partial charge on any atom is 0.119 e. The minimum Gasteiger partial charge on any atom is -0.494 e. The van der Waals surface area contributed by atoms with Gasteiger partial charge in [0.05, 0.1) is 6.61 Å². The van der Waals surface area contributed by atoms with Crippen molar-refractivity contribution in [1.82, 2.24) is 0 Å². The molecule has 0 aliphatic rings.